The molecule has 5 atom stereocenters. The van der Waals surface area contributed by atoms with E-state index in [1.807, 2.05) is 6.07 Å². The molecule has 9 heteroatoms. The minimum Gasteiger partial charge on any atom is -0.477 e. The highest BCUT2D eigenvalue weighted by Gasteiger charge is 2.53. The third-order valence-electron chi connectivity index (χ3n) is 6.91. The van der Waals surface area contributed by atoms with Crippen molar-refractivity contribution < 1.29 is 18.3 Å². The van der Waals surface area contributed by atoms with Crippen LogP contribution in [0, 0.1) is 46.6 Å². The van der Waals surface area contributed by atoms with E-state index in [0.29, 0.717) is 36.8 Å². The van der Waals surface area contributed by atoms with Crippen LogP contribution in [0.5, 0.6) is 5.88 Å². The zero-order valence-electron chi connectivity index (χ0n) is 17.2. The molecule has 0 saturated heterocycles. The fraction of sp³-hybridized carbons (Fsp3) is 0.435. The van der Waals surface area contributed by atoms with Gasteiger partial charge in [0.1, 0.15) is 29.7 Å². The number of aromatic nitrogens is 2. The maximum atomic E-state index is 13.7. The second-order valence-corrected chi connectivity index (χ2v) is 8.61. The molecule has 5 rings (SSSR count). The minimum atomic E-state index is -0.666. The number of amides is 1. The molecule has 1 amide bonds. The number of carbonyl (C=O) groups excluding carboxylic acids is 1. The first-order valence-electron chi connectivity index (χ1n) is 10.7. The van der Waals surface area contributed by atoms with Crippen LogP contribution in [0.4, 0.5) is 8.78 Å². The number of rotatable bonds is 5. The highest BCUT2D eigenvalue weighted by molar-refractivity contribution is 5.82. The highest BCUT2D eigenvalue weighted by Crippen LogP contribution is 2.54. The van der Waals surface area contributed by atoms with Crippen LogP contribution in [0.25, 0.3) is 0 Å². The quantitative estimate of drug-likeness (QED) is 0.712. The molecule has 7 nitrogen and oxygen atoms in total. The topological polar surface area (TPSA) is 91.5 Å². The zero-order valence-corrected chi connectivity index (χ0v) is 17.2. The Morgan fingerprint density at radius 2 is 1.94 bits per heavy atom. The van der Waals surface area contributed by atoms with Crippen LogP contribution in [0.3, 0.4) is 0 Å². The normalized spacial score (nSPS) is 28.2. The van der Waals surface area contributed by atoms with E-state index in [0.717, 1.165) is 18.9 Å². The molecule has 164 valence electrons. The number of fused-ring (bicyclic) bond motifs is 1. The molecular formula is C23H21F2N5O2. The van der Waals surface area contributed by atoms with Crippen molar-refractivity contribution in [1.29, 1.82) is 5.26 Å². The van der Waals surface area contributed by atoms with E-state index < -0.39 is 17.7 Å². The third-order valence-corrected chi connectivity index (χ3v) is 6.91. The minimum absolute atomic E-state index is 0.0978. The number of hydrogen-bond acceptors (Lipinski definition) is 6. The van der Waals surface area contributed by atoms with E-state index in [9.17, 15) is 13.6 Å². The van der Waals surface area contributed by atoms with Gasteiger partial charge in [-0.1, -0.05) is 0 Å². The van der Waals surface area contributed by atoms with Crippen molar-refractivity contribution in [2.45, 2.75) is 31.7 Å². The lowest BCUT2D eigenvalue weighted by molar-refractivity contribution is -0.139. The summed E-state index contributed by atoms with van der Waals surface area (Å²) >= 11 is 0. The summed E-state index contributed by atoms with van der Waals surface area (Å²) in [5.74, 6) is -0.437. The number of hydrogen-bond donors (Lipinski definition) is 0. The van der Waals surface area contributed by atoms with Gasteiger partial charge in [0.05, 0.1) is 12.6 Å². The number of nitriles is 1. The van der Waals surface area contributed by atoms with Gasteiger partial charge in [0.15, 0.2) is 0 Å². The van der Waals surface area contributed by atoms with Crippen LogP contribution in [0.15, 0.2) is 35.7 Å². The lowest BCUT2D eigenvalue weighted by Gasteiger charge is -2.37. The van der Waals surface area contributed by atoms with Crippen LogP contribution in [-0.2, 0) is 4.79 Å². The molecule has 0 bridgehead atoms. The van der Waals surface area contributed by atoms with Gasteiger partial charge >= 0.3 is 0 Å². The van der Waals surface area contributed by atoms with Crippen LogP contribution >= 0.6 is 0 Å². The van der Waals surface area contributed by atoms with Crippen molar-refractivity contribution in [2.24, 2.45) is 28.8 Å². The van der Waals surface area contributed by atoms with Gasteiger partial charge in [-0.25, -0.2) is 23.8 Å². The van der Waals surface area contributed by atoms with E-state index in [1.165, 1.54) is 29.5 Å². The number of ether oxygens (including phenoxy) is 1. The summed E-state index contributed by atoms with van der Waals surface area (Å²) in [5.41, 5.74) is 0.649. The zero-order chi connectivity index (χ0) is 22.2. The van der Waals surface area contributed by atoms with E-state index in [2.05, 4.69) is 15.1 Å². The molecular weight excluding hydrogens is 416 g/mol. The van der Waals surface area contributed by atoms with E-state index >= 15 is 0 Å². The molecule has 2 aromatic rings. The first-order valence-corrected chi connectivity index (χ1v) is 10.7. The molecule has 2 saturated carbocycles. The Bertz CT molecular complexity index is 1100. The average Bonchev–Trinajstić information content (AvgIpc) is 3.33. The van der Waals surface area contributed by atoms with Crippen LogP contribution in [-0.4, -0.2) is 33.7 Å². The largest absolute Gasteiger partial charge is 0.477 e. The Morgan fingerprint density at radius 3 is 2.66 bits per heavy atom. The van der Waals surface area contributed by atoms with Gasteiger partial charge in [0, 0.05) is 30.7 Å². The number of halogens is 2. The number of carbonyl (C=O) groups is 1. The van der Waals surface area contributed by atoms with Crippen LogP contribution in [0.1, 0.15) is 43.0 Å². The summed E-state index contributed by atoms with van der Waals surface area (Å²) in [7, 11) is 0. The maximum absolute atomic E-state index is 13.7. The van der Waals surface area contributed by atoms with E-state index in [1.54, 1.807) is 6.21 Å². The summed E-state index contributed by atoms with van der Waals surface area (Å²) in [6, 6.07) is 6.31. The van der Waals surface area contributed by atoms with Crippen molar-refractivity contribution in [3.63, 3.8) is 0 Å². The maximum Gasteiger partial charge on any atom is 0.246 e. The molecule has 0 N–H and O–H groups in total. The monoisotopic (exact) mass is 437 g/mol. The average molecular weight is 437 g/mol. The van der Waals surface area contributed by atoms with Crippen LogP contribution in [0.2, 0.25) is 0 Å². The molecule has 4 unspecified atom stereocenters. The molecule has 3 aliphatic rings. The fourth-order valence-electron chi connectivity index (χ4n) is 5.30. The molecule has 1 aromatic carbocycles. The Labute approximate surface area is 183 Å². The van der Waals surface area contributed by atoms with Crippen molar-refractivity contribution in [3.05, 3.63) is 53.5 Å². The fourth-order valence-corrected chi connectivity index (χ4v) is 5.30. The standard InChI is InChI=1S/C23H21F2N5O2/c24-15-5-13(6-16(25)8-15)21-3-4-29-30(21)23(31)20-7-14(18-1-2-19(18)20)11-32-22-9-17(10-26)27-12-28-22/h4-6,8-9,12,14,18-21H,1-3,7,11H2/t14?,18?,19?,20-,21?/m0/s1. The van der Waals surface area contributed by atoms with Gasteiger partial charge in [-0.15, -0.1) is 0 Å². The lowest BCUT2D eigenvalue weighted by Crippen LogP contribution is -2.38. The lowest BCUT2D eigenvalue weighted by atomic mass is 9.70. The van der Waals surface area contributed by atoms with Gasteiger partial charge < -0.3 is 4.74 Å². The van der Waals surface area contributed by atoms with Crippen molar-refractivity contribution >= 4 is 12.1 Å². The predicted octanol–water partition coefficient (Wildman–Crippen LogP) is 3.63. The number of hydrazone groups is 1. The van der Waals surface area contributed by atoms with Gasteiger partial charge in [0.2, 0.25) is 11.8 Å². The molecule has 0 spiro atoms. The summed E-state index contributed by atoms with van der Waals surface area (Å²) in [6.45, 7) is 0.411. The van der Waals surface area contributed by atoms with Gasteiger partial charge in [-0.2, -0.15) is 10.4 Å². The Morgan fingerprint density at radius 1 is 1.16 bits per heavy atom. The second kappa shape index (κ2) is 8.26. The molecule has 1 aliphatic heterocycles. The first kappa shape index (κ1) is 20.5. The van der Waals surface area contributed by atoms with Gasteiger partial charge in [0.25, 0.3) is 0 Å². The molecule has 0 radical (unpaired) electrons. The van der Waals surface area contributed by atoms with Crippen molar-refractivity contribution in [3.8, 4) is 11.9 Å². The van der Waals surface area contributed by atoms with Crippen molar-refractivity contribution in [1.82, 2.24) is 15.0 Å². The SMILES string of the molecule is N#Cc1cc(OCC2C[C@H](C(=O)N3N=CCC3c3cc(F)cc(F)c3)C3CCC23)ncn1. The predicted molar refractivity (Wildman–Crippen MR) is 109 cm³/mol. The second-order valence-electron chi connectivity index (χ2n) is 8.61. The summed E-state index contributed by atoms with van der Waals surface area (Å²) in [6.07, 6.45) is 6.03. The third kappa shape index (κ3) is 3.70. The molecule has 32 heavy (non-hydrogen) atoms. The summed E-state index contributed by atoms with van der Waals surface area (Å²) in [4.78, 5) is 21.3. The molecule has 2 fully saturated rings. The molecule has 1 aromatic heterocycles. The van der Waals surface area contributed by atoms with Gasteiger partial charge in [-0.3, -0.25) is 4.79 Å². The van der Waals surface area contributed by atoms with Crippen molar-refractivity contribution in [2.75, 3.05) is 6.61 Å². The summed E-state index contributed by atoms with van der Waals surface area (Å²) < 4.78 is 33.3. The Kier molecular flexibility index (Phi) is 5.29. The smallest absolute Gasteiger partial charge is 0.246 e. The van der Waals surface area contributed by atoms with E-state index in [4.69, 9.17) is 10.00 Å². The Hall–Kier alpha value is -3.41. The van der Waals surface area contributed by atoms with Gasteiger partial charge in [-0.05, 0) is 54.7 Å². The van der Waals surface area contributed by atoms with Crippen LogP contribution < -0.4 is 4.74 Å². The summed E-state index contributed by atoms with van der Waals surface area (Å²) in [5, 5.41) is 14.6. The first-order chi connectivity index (χ1) is 15.5. The van der Waals surface area contributed by atoms with E-state index in [-0.39, 0.29) is 29.4 Å². The Balaban J connectivity index is 1.28. The number of nitrogens with zero attached hydrogens (tertiary/aromatic N) is 5. The number of benzene rings is 1. The molecule has 2 heterocycles. The molecule has 2 aliphatic carbocycles. The highest BCUT2D eigenvalue weighted by atomic mass is 19.1.